The van der Waals surface area contributed by atoms with E-state index in [1.807, 2.05) is 42.2 Å². The number of carbonyl (C=O) groups is 1. The van der Waals surface area contributed by atoms with E-state index in [2.05, 4.69) is 37.6 Å². The van der Waals surface area contributed by atoms with Crippen LogP contribution in [0.5, 0.6) is 0 Å². The van der Waals surface area contributed by atoms with E-state index < -0.39 is 6.09 Å². The van der Waals surface area contributed by atoms with E-state index in [0.29, 0.717) is 24.1 Å². The molecule has 0 unspecified atom stereocenters. The van der Waals surface area contributed by atoms with Crippen molar-refractivity contribution in [2.24, 2.45) is 0 Å². The van der Waals surface area contributed by atoms with Gasteiger partial charge in [0.2, 0.25) is 5.95 Å². The van der Waals surface area contributed by atoms with E-state index in [4.69, 9.17) is 14.0 Å². The van der Waals surface area contributed by atoms with Crippen molar-refractivity contribution in [2.45, 2.75) is 6.92 Å². The second kappa shape index (κ2) is 13.8. The number of carbonyl (C=O) groups excluding carboxylic acids is 1. The second-order valence-electron chi connectivity index (χ2n) is 8.29. The molecule has 0 aliphatic carbocycles. The smallest absolute Gasteiger partial charge is 0.395 e. The molecule has 11 heteroatoms. The molecule has 10 nitrogen and oxygen atoms in total. The van der Waals surface area contributed by atoms with Crippen LogP contribution in [0, 0.1) is 0 Å². The Bertz CT molecular complexity index is 1130. The van der Waals surface area contributed by atoms with Crippen LogP contribution < -0.4 is 15.5 Å². The molecule has 2 heterocycles. The number of morpholine rings is 1. The van der Waals surface area contributed by atoms with Crippen LogP contribution in [-0.4, -0.2) is 77.9 Å². The van der Waals surface area contributed by atoms with E-state index in [1.165, 1.54) is 5.69 Å². The number of aliphatic hydroxyl groups excluding tert-OH is 1. The zero-order chi connectivity index (χ0) is 25.9. The van der Waals surface area contributed by atoms with E-state index >= 15 is 0 Å². The first-order valence-electron chi connectivity index (χ1n) is 12.2. The molecule has 37 heavy (non-hydrogen) atoms. The van der Waals surface area contributed by atoms with Crippen molar-refractivity contribution < 1.29 is 18.8 Å². The molecule has 3 aromatic rings. The number of aromatic nitrogens is 2. The summed E-state index contributed by atoms with van der Waals surface area (Å²) in [5.41, 5.74) is 4.34. The maximum atomic E-state index is 12.1. The Labute approximate surface area is 221 Å². The Morgan fingerprint density at radius 3 is 2.54 bits per heavy atom. The highest BCUT2D eigenvalue weighted by Crippen LogP contribution is 2.24. The SMILES string of the molecule is CCN(CCO)CSOC(=O)Nc1ccc(-c2ccnc(Nc3ccc(N4CCOCC4)cc3)n2)cc1. The maximum Gasteiger partial charge on any atom is 0.423 e. The van der Waals surface area contributed by atoms with Gasteiger partial charge in [0.1, 0.15) is 0 Å². The van der Waals surface area contributed by atoms with Crippen LogP contribution in [-0.2, 0) is 8.92 Å². The first-order valence-corrected chi connectivity index (χ1v) is 13.1. The Hall–Kier alpha value is -3.38. The normalized spacial score (nSPS) is 13.4. The highest BCUT2D eigenvalue weighted by Gasteiger charge is 2.11. The van der Waals surface area contributed by atoms with Gasteiger partial charge in [0, 0.05) is 48.5 Å². The van der Waals surface area contributed by atoms with E-state index in [9.17, 15) is 4.79 Å². The number of nitrogens with zero attached hydrogens (tertiary/aromatic N) is 4. The number of aliphatic hydroxyl groups is 1. The number of amides is 1. The molecule has 1 saturated heterocycles. The van der Waals surface area contributed by atoms with E-state index in [0.717, 1.165) is 61.8 Å². The third kappa shape index (κ3) is 8.05. The summed E-state index contributed by atoms with van der Waals surface area (Å²) in [6.07, 6.45) is 1.16. The Morgan fingerprint density at radius 1 is 1.11 bits per heavy atom. The van der Waals surface area contributed by atoms with Crippen molar-refractivity contribution in [3.63, 3.8) is 0 Å². The molecular formula is C26H32N6O4S. The van der Waals surface area contributed by atoms with Crippen LogP contribution in [0.15, 0.2) is 60.8 Å². The minimum atomic E-state index is -0.550. The summed E-state index contributed by atoms with van der Waals surface area (Å²) in [6.45, 7) is 6.66. The van der Waals surface area contributed by atoms with Crippen molar-refractivity contribution in [2.75, 3.05) is 67.4 Å². The standard InChI is InChI=1S/C26H32N6O4S/c1-2-31(13-16-33)19-37-36-26(34)29-22-5-3-20(4-6-22)24-11-12-27-25(30-24)28-21-7-9-23(10-8-21)32-14-17-35-18-15-32/h3-12,33H,2,13-19H2,1H3,(H,29,34)(H,27,28,30). The number of likely N-dealkylation sites (N-methyl/N-ethyl adjacent to an activating group) is 1. The zero-order valence-electron chi connectivity index (χ0n) is 20.8. The number of ether oxygens (including phenoxy) is 1. The molecule has 0 saturated carbocycles. The van der Waals surface area contributed by atoms with Gasteiger partial charge in [-0.05, 0) is 49.0 Å². The Balaban J connectivity index is 1.30. The van der Waals surface area contributed by atoms with Gasteiger partial charge in [-0.15, -0.1) is 0 Å². The molecule has 3 N–H and O–H groups in total. The van der Waals surface area contributed by atoms with Gasteiger partial charge in [0.05, 0.1) is 43.4 Å². The number of nitrogens with one attached hydrogen (secondary N) is 2. The van der Waals surface area contributed by atoms with Crippen molar-refractivity contribution >= 4 is 41.1 Å². The number of benzene rings is 2. The fourth-order valence-electron chi connectivity index (χ4n) is 3.76. The topological polar surface area (TPSA) is 112 Å². The van der Waals surface area contributed by atoms with Gasteiger partial charge in [0.15, 0.2) is 0 Å². The largest absolute Gasteiger partial charge is 0.423 e. The lowest BCUT2D eigenvalue weighted by Gasteiger charge is -2.28. The molecule has 0 radical (unpaired) electrons. The summed E-state index contributed by atoms with van der Waals surface area (Å²) >= 11 is 1.03. The molecule has 0 bridgehead atoms. The third-order valence-electron chi connectivity index (χ3n) is 5.82. The number of rotatable bonds is 11. The lowest BCUT2D eigenvalue weighted by Crippen LogP contribution is -2.36. The van der Waals surface area contributed by atoms with Crippen LogP contribution in [0.1, 0.15) is 6.92 Å². The monoisotopic (exact) mass is 524 g/mol. The molecule has 4 rings (SSSR count). The summed E-state index contributed by atoms with van der Waals surface area (Å²) in [7, 11) is 0. The average Bonchev–Trinajstić information content (AvgIpc) is 2.94. The summed E-state index contributed by atoms with van der Waals surface area (Å²) in [6, 6.07) is 17.4. The maximum absolute atomic E-state index is 12.1. The summed E-state index contributed by atoms with van der Waals surface area (Å²) in [4.78, 5) is 25.3. The summed E-state index contributed by atoms with van der Waals surface area (Å²) < 4.78 is 10.6. The number of hydrogen-bond acceptors (Lipinski definition) is 10. The van der Waals surface area contributed by atoms with Crippen LogP contribution in [0.25, 0.3) is 11.3 Å². The summed E-state index contributed by atoms with van der Waals surface area (Å²) in [5.74, 6) is 0.993. The fraction of sp³-hybridized carbons (Fsp3) is 0.346. The average molecular weight is 525 g/mol. The molecule has 0 spiro atoms. The molecule has 0 atom stereocenters. The molecular weight excluding hydrogens is 492 g/mol. The predicted octanol–water partition coefficient (Wildman–Crippen LogP) is 4.19. The Morgan fingerprint density at radius 2 is 1.84 bits per heavy atom. The first-order chi connectivity index (χ1) is 18.1. The van der Waals surface area contributed by atoms with Crippen molar-refractivity contribution in [1.29, 1.82) is 0 Å². The molecule has 196 valence electrons. The Kier molecular flexibility index (Phi) is 9.95. The quantitative estimate of drug-likeness (QED) is 0.249. The number of hydrogen-bond donors (Lipinski definition) is 3. The van der Waals surface area contributed by atoms with Gasteiger partial charge in [-0.25, -0.2) is 14.8 Å². The van der Waals surface area contributed by atoms with Gasteiger partial charge in [-0.3, -0.25) is 10.2 Å². The lowest BCUT2D eigenvalue weighted by atomic mass is 10.1. The number of anilines is 4. The lowest BCUT2D eigenvalue weighted by molar-refractivity contribution is 0.122. The molecule has 1 aliphatic rings. The van der Waals surface area contributed by atoms with Gasteiger partial charge in [0.25, 0.3) is 0 Å². The van der Waals surface area contributed by atoms with Crippen molar-refractivity contribution in [1.82, 2.24) is 14.9 Å². The fourth-order valence-corrected chi connectivity index (χ4v) is 4.42. The van der Waals surface area contributed by atoms with Crippen LogP contribution in [0.3, 0.4) is 0 Å². The minimum absolute atomic E-state index is 0.0687. The van der Waals surface area contributed by atoms with Gasteiger partial charge < -0.3 is 24.2 Å². The van der Waals surface area contributed by atoms with Crippen molar-refractivity contribution in [3.05, 3.63) is 60.8 Å². The molecule has 1 aromatic heterocycles. The molecule has 1 aliphatic heterocycles. The van der Waals surface area contributed by atoms with E-state index in [-0.39, 0.29) is 6.61 Å². The predicted molar refractivity (Wildman–Crippen MR) is 147 cm³/mol. The van der Waals surface area contributed by atoms with Gasteiger partial charge >= 0.3 is 6.09 Å². The van der Waals surface area contributed by atoms with Crippen LogP contribution >= 0.6 is 12.0 Å². The highest BCUT2D eigenvalue weighted by molar-refractivity contribution is 7.94. The van der Waals surface area contributed by atoms with Gasteiger partial charge in [-0.1, -0.05) is 19.1 Å². The van der Waals surface area contributed by atoms with Crippen LogP contribution in [0.4, 0.5) is 27.8 Å². The molecule has 1 fully saturated rings. The third-order valence-corrected chi connectivity index (χ3v) is 6.56. The van der Waals surface area contributed by atoms with Gasteiger partial charge in [-0.2, -0.15) is 0 Å². The molecule has 1 amide bonds. The zero-order valence-corrected chi connectivity index (χ0v) is 21.6. The van der Waals surface area contributed by atoms with Crippen molar-refractivity contribution in [3.8, 4) is 11.3 Å². The summed E-state index contributed by atoms with van der Waals surface area (Å²) in [5, 5.41) is 15.0. The minimum Gasteiger partial charge on any atom is -0.395 e. The van der Waals surface area contributed by atoms with Crippen LogP contribution in [0.2, 0.25) is 0 Å². The molecule has 2 aromatic carbocycles. The highest BCUT2D eigenvalue weighted by atomic mass is 32.2. The second-order valence-corrected chi connectivity index (χ2v) is 8.95. The van der Waals surface area contributed by atoms with E-state index in [1.54, 1.807) is 18.3 Å². The first kappa shape index (κ1) is 26.7.